The van der Waals surface area contributed by atoms with Crippen molar-refractivity contribution in [1.82, 2.24) is 10.3 Å². The molecule has 2 rings (SSSR count). The molecule has 0 amide bonds. The Kier molecular flexibility index (Phi) is 4.67. The van der Waals surface area contributed by atoms with Gasteiger partial charge in [-0.25, -0.2) is 4.98 Å². The second kappa shape index (κ2) is 6.03. The van der Waals surface area contributed by atoms with Gasteiger partial charge in [0.25, 0.3) is 0 Å². The van der Waals surface area contributed by atoms with E-state index in [1.165, 1.54) is 40.6 Å². The number of rotatable bonds is 5. The highest BCUT2D eigenvalue weighted by molar-refractivity contribution is 7.98. The molecule has 1 aliphatic carbocycles. The molecule has 0 spiro atoms. The minimum Gasteiger partial charge on any atom is -0.308 e. The fraction of sp³-hybridized carbons (Fsp3) is 0.750. The monoisotopic (exact) mass is 256 g/mol. The number of thiazole rings is 1. The van der Waals surface area contributed by atoms with Gasteiger partial charge in [0.2, 0.25) is 0 Å². The Morgan fingerprint density at radius 2 is 2.44 bits per heavy atom. The van der Waals surface area contributed by atoms with E-state index in [4.69, 9.17) is 4.98 Å². The SMILES string of the molecule is CCc1nc2c(s1)C(NCCSC)CCC2. The first-order valence-electron chi connectivity index (χ1n) is 6.06. The molecule has 0 radical (unpaired) electrons. The van der Waals surface area contributed by atoms with E-state index in [2.05, 4.69) is 18.5 Å². The molecule has 0 aromatic carbocycles. The molecular formula is C12H20N2S2. The smallest absolute Gasteiger partial charge is 0.0928 e. The van der Waals surface area contributed by atoms with Gasteiger partial charge in [-0.2, -0.15) is 11.8 Å². The standard InChI is InChI=1S/C12H20N2S2/c1-3-11-14-10-6-4-5-9(12(10)16-11)13-7-8-15-2/h9,13H,3-8H2,1-2H3. The lowest BCUT2D eigenvalue weighted by Gasteiger charge is -2.22. The number of fused-ring (bicyclic) bond motifs is 1. The predicted molar refractivity (Wildman–Crippen MR) is 73.6 cm³/mol. The van der Waals surface area contributed by atoms with Crippen LogP contribution < -0.4 is 5.32 Å². The summed E-state index contributed by atoms with van der Waals surface area (Å²) >= 11 is 3.83. The molecule has 0 aliphatic heterocycles. The second-order valence-electron chi connectivity index (χ2n) is 4.16. The van der Waals surface area contributed by atoms with Crippen molar-refractivity contribution in [3.8, 4) is 0 Å². The van der Waals surface area contributed by atoms with E-state index >= 15 is 0 Å². The number of aromatic nitrogens is 1. The van der Waals surface area contributed by atoms with Gasteiger partial charge in [0.1, 0.15) is 0 Å². The number of hydrogen-bond acceptors (Lipinski definition) is 4. The van der Waals surface area contributed by atoms with Crippen LogP contribution in [-0.4, -0.2) is 23.5 Å². The summed E-state index contributed by atoms with van der Waals surface area (Å²) in [5.74, 6) is 1.20. The minimum absolute atomic E-state index is 0.577. The van der Waals surface area contributed by atoms with Crippen LogP contribution in [0.5, 0.6) is 0 Å². The van der Waals surface area contributed by atoms with Crippen LogP contribution in [0.2, 0.25) is 0 Å². The molecule has 1 aromatic rings. The van der Waals surface area contributed by atoms with Crippen molar-refractivity contribution >= 4 is 23.1 Å². The lowest BCUT2D eigenvalue weighted by molar-refractivity contribution is 0.477. The third-order valence-corrected chi connectivity index (χ3v) is 4.96. The maximum absolute atomic E-state index is 4.72. The van der Waals surface area contributed by atoms with Crippen LogP contribution in [0, 0.1) is 0 Å². The summed E-state index contributed by atoms with van der Waals surface area (Å²) in [5.41, 5.74) is 1.37. The van der Waals surface area contributed by atoms with E-state index in [-0.39, 0.29) is 0 Å². The van der Waals surface area contributed by atoms with E-state index in [1.54, 1.807) is 0 Å². The van der Waals surface area contributed by atoms with Gasteiger partial charge in [-0.1, -0.05) is 6.92 Å². The zero-order valence-electron chi connectivity index (χ0n) is 10.1. The van der Waals surface area contributed by atoms with Crippen LogP contribution in [-0.2, 0) is 12.8 Å². The van der Waals surface area contributed by atoms with Crippen LogP contribution in [0.25, 0.3) is 0 Å². The summed E-state index contributed by atoms with van der Waals surface area (Å²) in [6, 6.07) is 0.577. The lowest BCUT2D eigenvalue weighted by Crippen LogP contribution is -2.26. The Hall–Kier alpha value is -0.0600. The molecule has 1 heterocycles. The molecular weight excluding hydrogens is 236 g/mol. The van der Waals surface area contributed by atoms with Crippen molar-refractivity contribution < 1.29 is 0 Å². The topological polar surface area (TPSA) is 24.9 Å². The first kappa shape index (κ1) is 12.4. The minimum atomic E-state index is 0.577. The van der Waals surface area contributed by atoms with E-state index in [0.29, 0.717) is 6.04 Å². The number of aryl methyl sites for hydroxylation is 2. The molecule has 16 heavy (non-hydrogen) atoms. The molecule has 90 valence electrons. The summed E-state index contributed by atoms with van der Waals surface area (Å²) < 4.78 is 0. The zero-order chi connectivity index (χ0) is 11.4. The van der Waals surface area contributed by atoms with Gasteiger partial charge in [0.05, 0.1) is 10.7 Å². The molecule has 0 saturated heterocycles. The Morgan fingerprint density at radius 1 is 1.56 bits per heavy atom. The van der Waals surface area contributed by atoms with Crippen LogP contribution >= 0.6 is 23.1 Å². The lowest BCUT2D eigenvalue weighted by atomic mass is 9.98. The van der Waals surface area contributed by atoms with Crippen molar-refractivity contribution in [1.29, 1.82) is 0 Å². The van der Waals surface area contributed by atoms with E-state index in [0.717, 1.165) is 13.0 Å². The molecule has 1 N–H and O–H groups in total. The van der Waals surface area contributed by atoms with Crippen LogP contribution in [0.4, 0.5) is 0 Å². The molecule has 0 bridgehead atoms. The Labute approximate surface area is 106 Å². The summed E-state index contributed by atoms with van der Waals surface area (Å²) in [6.45, 7) is 3.31. The second-order valence-corrected chi connectivity index (χ2v) is 6.26. The molecule has 1 atom stereocenters. The van der Waals surface area contributed by atoms with Crippen LogP contribution in [0.15, 0.2) is 0 Å². The average Bonchev–Trinajstić information content (AvgIpc) is 2.73. The first-order chi connectivity index (χ1) is 7.85. The molecule has 1 aromatic heterocycles. The molecule has 1 aliphatic rings. The maximum atomic E-state index is 4.72. The largest absolute Gasteiger partial charge is 0.308 e. The third kappa shape index (κ3) is 2.79. The normalized spacial score (nSPS) is 19.8. The van der Waals surface area contributed by atoms with Gasteiger partial charge in [0.15, 0.2) is 0 Å². The first-order valence-corrected chi connectivity index (χ1v) is 8.27. The highest BCUT2D eigenvalue weighted by Gasteiger charge is 2.23. The van der Waals surface area contributed by atoms with Gasteiger partial charge >= 0.3 is 0 Å². The van der Waals surface area contributed by atoms with Gasteiger partial charge in [-0.3, -0.25) is 0 Å². The van der Waals surface area contributed by atoms with E-state index < -0.39 is 0 Å². The van der Waals surface area contributed by atoms with E-state index in [1.807, 2.05) is 23.1 Å². The van der Waals surface area contributed by atoms with Gasteiger partial charge in [-0.05, 0) is 31.9 Å². The maximum Gasteiger partial charge on any atom is 0.0928 e. The fourth-order valence-corrected chi connectivity index (χ4v) is 3.64. The van der Waals surface area contributed by atoms with Gasteiger partial charge in [-0.15, -0.1) is 11.3 Å². The van der Waals surface area contributed by atoms with Crippen molar-refractivity contribution in [3.05, 3.63) is 15.6 Å². The quantitative estimate of drug-likeness (QED) is 0.820. The number of nitrogens with one attached hydrogen (secondary N) is 1. The molecule has 0 fully saturated rings. The van der Waals surface area contributed by atoms with E-state index in [9.17, 15) is 0 Å². The van der Waals surface area contributed by atoms with Crippen molar-refractivity contribution in [2.24, 2.45) is 0 Å². The highest BCUT2D eigenvalue weighted by atomic mass is 32.2. The molecule has 1 unspecified atom stereocenters. The molecule has 4 heteroatoms. The van der Waals surface area contributed by atoms with Crippen molar-refractivity contribution in [2.75, 3.05) is 18.6 Å². The predicted octanol–water partition coefficient (Wildman–Crippen LogP) is 3.04. The number of nitrogens with zero attached hydrogens (tertiary/aromatic N) is 1. The van der Waals surface area contributed by atoms with Gasteiger partial charge in [0, 0.05) is 23.2 Å². The average molecular weight is 256 g/mol. The summed E-state index contributed by atoms with van der Waals surface area (Å²) in [6.07, 6.45) is 7.00. The van der Waals surface area contributed by atoms with Crippen LogP contribution in [0.3, 0.4) is 0 Å². The number of thioether (sulfide) groups is 1. The Morgan fingerprint density at radius 3 is 3.19 bits per heavy atom. The fourth-order valence-electron chi connectivity index (χ4n) is 2.15. The Bertz CT molecular complexity index is 336. The molecule has 0 saturated carbocycles. The number of hydrogen-bond donors (Lipinski definition) is 1. The third-order valence-electron chi connectivity index (χ3n) is 2.99. The summed E-state index contributed by atoms with van der Waals surface area (Å²) in [5, 5.41) is 4.97. The summed E-state index contributed by atoms with van der Waals surface area (Å²) in [7, 11) is 0. The zero-order valence-corrected chi connectivity index (χ0v) is 11.7. The van der Waals surface area contributed by atoms with Crippen LogP contribution in [0.1, 0.15) is 41.4 Å². The molecule has 2 nitrogen and oxygen atoms in total. The highest BCUT2D eigenvalue weighted by Crippen LogP contribution is 2.34. The summed E-state index contributed by atoms with van der Waals surface area (Å²) in [4.78, 5) is 6.24. The van der Waals surface area contributed by atoms with Crippen molar-refractivity contribution in [2.45, 2.75) is 38.6 Å². The van der Waals surface area contributed by atoms with Crippen molar-refractivity contribution in [3.63, 3.8) is 0 Å². The Balaban J connectivity index is 2.03. The van der Waals surface area contributed by atoms with Gasteiger partial charge < -0.3 is 5.32 Å².